The van der Waals surface area contributed by atoms with Crippen molar-refractivity contribution in [2.75, 3.05) is 6.54 Å². The van der Waals surface area contributed by atoms with Gasteiger partial charge in [0, 0.05) is 12.6 Å². The van der Waals surface area contributed by atoms with Crippen LogP contribution >= 0.6 is 0 Å². The molecule has 1 fully saturated rings. The van der Waals surface area contributed by atoms with Gasteiger partial charge >= 0.3 is 5.97 Å². The molecule has 0 bridgehead atoms. The average Bonchev–Trinajstić information content (AvgIpc) is 3.07. The Balaban J connectivity index is 2.13. The molecule has 0 spiro atoms. The van der Waals surface area contributed by atoms with Gasteiger partial charge in [-0.15, -0.1) is 0 Å². The minimum absolute atomic E-state index is 0.149. The van der Waals surface area contributed by atoms with Crippen LogP contribution in [0.2, 0.25) is 0 Å². The van der Waals surface area contributed by atoms with E-state index in [4.69, 9.17) is 9.52 Å². The third-order valence-corrected chi connectivity index (χ3v) is 3.09. The zero-order valence-electron chi connectivity index (χ0n) is 10.4. The van der Waals surface area contributed by atoms with Gasteiger partial charge in [0.15, 0.2) is 12.1 Å². The highest BCUT2D eigenvalue weighted by molar-refractivity contribution is 5.93. The van der Waals surface area contributed by atoms with Gasteiger partial charge < -0.3 is 14.4 Å². The van der Waals surface area contributed by atoms with Crippen LogP contribution in [0.1, 0.15) is 36.0 Å². The van der Waals surface area contributed by atoms with Gasteiger partial charge in [-0.05, 0) is 19.8 Å². The third-order valence-electron chi connectivity index (χ3n) is 3.09. The molecule has 1 aromatic heterocycles. The molecule has 0 radical (unpaired) electrons. The van der Waals surface area contributed by atoms with Crippen LogP contribution in [-0.4, -0.2) is 39.5 Å². The topological polar surface area (TPSA) is 83.6 Å². The van der Waals surface area contributed by atoms with Gasteiger partial charge in [-0.2, -0.15) is 0 Å². The fourth-order valence-corrected chi connectivity index (χ4v) is 1.80. The van der Waals surface area contributed by atoms with Crippen LogP contribution in [-0.2, 0) is 4.79 Å². The summed E-state index contributed by atoms with van der Waals surface area (Å²) < 4.78 is 5.01. The number of rotatable bonds is 5. The molecule has 1 saturated carbocycles. The first-order valence-electron chi connectivity index (χ1n) is 5.94. The maximum absolute atomic E-state index is 12.3. The molecule has 6 nitrogen and oxygen atoms in total. The number of nitrogens with zero attached hydrogens (tertiary/aromatic N) is 2. The SMILES string of the molecule is Cc1ocnc1C(=O)N(C[C@@H](C)C(=O)O)C1CC1. The van der Waals surface area contributed by atoms with E-state index in [0.717, 1.165) is 12.8 Å². The van der Waals surface area contributed by atoms with Crippen molar-refractivity contribution in [3.8, 4) is 0 Å². The maximum atomic E-state index is 12.3. The van der Waals surface area contributed by atoms with Gasteiger partial charge in [0.25, 0.3) is 5.91 Å². The number of carboxylic acids is 1. The Kier molecular flexibility index (Phi) is 3.36. The first-order chi connectivity index (χ1) is 8.50. The van der Waals surface area contributed by atoms with Crippen LogP contribution in [0.5, 0.6) is 0 Å². The second-order valence-corrected chi connectivity index (χ2v) is 4.69. The molecule has 0 unspecified atom stereocenters. The van der Waals surface area contributed by atoms with Crippen LogP contribution in [0, 0.1) is 12.8 Å². The molecule has 0 aromatic carbocycles. The summed E-state index contributed by atoms with van der Waals surface area (Å²) in [5.41, 5.74) is 0.277. The quantitative estimate of drug-likeness (QED) is 0.854. The van der Waals surface area contributed by atoms with Crippen molar-refractivity contribution in [1.82, 2.24) is 9.88 Å². The normalized spacial score (nSPS) is 16.3. The van der Waals surface area contributed by atoms with Crippen LogP contribution in [0.25, 0.3) is 0 Å². The Morgan fingerprint density at radius 2 is 2.28 bits per heavy atom. The van der Waals surface area contributed by atoms with Gasteiger partial charge in [-0.1, -0.05) is 6.92 Å². The molecule has 0 aliphatic heterocycles. The molecule has 0 saturated heterocycles. The number of aryl methyl sites for hydroxylation is 1. The molecule has 1 aliphatic carbocycles. The van der Waals surface area contributed by atoms with Gasteiger partial charge in [0.05, 0.1) is 5.92 Å². The lowest BCUT2D eigenvalue weighted by Gasteiger charge is -2.23. The van der Waals surface area contributed by atoms with Crippen LogP contribution < -0.4 is 0 Å². The Morgan fingerprint density at radius 3 is 2.72 bits per heavy atom. The van der Waals surface area contributed by atoms with Crippen molar-refractivity contribution >= 4 is 11.9 Å². The van der Waals surface area contributed by atoms with E-state index >= 15 is 0 Å². The largest absolute Gasteiger partial charge is 0.481 e. The highest BCUT2D eigenvalue weighted by Crippen LogP contribution is 2.29. The van der Waals surface area contributed by atoms with Gasteiger partial charge in [0.1, 0.15) is 5.76 Å². The number of carbonyl (C=O) groups excluding carboxylic acids is 1. The summed E-state index contributed by atoms with van der Waals surface area (Å²) in [6.45, 7) is 3.48. The molecule has 1 heterocycles. The highest BCUT2D eigenvalue weighted by atomic mass is 16.4. The van der Waals surface area contributed by atoms with Crippen molar-refractivity contribution in [2.45, 2.75) is 32.7 Å². The van der Waals surface area contributed by atoms with Crippen molar-refractivity contribution in [2.24, 2.45) is 5.92 Å². The van der Waals surface area contributed by atoms with E-state index in [1.807, 2.05) is 0 Å². The van der Waals surface area contributed by atoms with E-state index in [0.29, 0.717) is 5.76 Å². The Morgan fingerprint density at radius 1 is 1.61 bits per heavy atom. The maximum Gasteiger partial charge on any atom is 0.308 e. The molecular formula is C12H16N2O4. The summed E-state index contributed by atoms with van der Waals surface area (Å²) in [7, 11) is 0. The van der Waals surface area contributed by atoms with E-state index in [1.54, 1.807) is 18.7 Å². The summed E-state index contributed by atoms with van der Waals surface area (Å²) in [5.74, 6) is -1.25. The Bertz CT molecular complexity index is 464. The molecule has 1 aliphatic rings. The van der Waals surface area contributed by atoms with Crippen LogP contribution in [0.4, 0.5) is 0 Å². The number of amides is 1. The summed E-state index contributed by atoms with van der Waals surface area (Å²) in [6, 6.07) is 0.149. The molecule has 18 heavy (non-hydrogen) atoms. The predicted molar refractivity (Wildman–Crippen MR) is 62.1 cm³/mol. The van der Waals surface area contributed by atoms with Gasteiger partial charge in [-0.3, -0.25) is 9.59 Å². The molecular weight excluding hydrogens is 236 g/mol. The molecule has 98 valence electrons. The molecule has 1 atom stereocenters. The summed E-state index contributed by atoms with van der Waals surface area (Å²) in [4.78, 5) is 28.7. The fourth-order valence-electron chi connectivity index (χ4n) is 1.80. The number of aliphatic carboxylic acids is 1. The summed E-state index contributed by atoms with van der Waals surface area (Å²) in [6.07, 6.45) is 3.08. The van der Waals surface area contributed by atoms with Gasteiger partial charge in [-0.25, -0.2) is 4.98 Å². The van der Waals surface area contributed by atoms with Crippen molar-refractivity contribution in [3.63, 3.8) is 0 Å². The molecule has 1 N–H and O–H groups in total. The second kappa shape index (κ2) is 4.80. The lowest BCUT2D eigenvalue weighted by atomic mass is 10.1. The number of carboxylic acid groups (broad SMARTS) is 1. The van der Waals surface area contributed by atoms with E-state index < -0.39 is 11.9 Å². The van der Waals surface area contributed by atoms with E-state index in [2.05, 4.69) is 4.98 Å². The second-order valence-electron chi connectivity index (χ2n) is 4.69. The third kappa shape index (κ3) is 2.52. The molecule has 2 rings (SSSR count). The Labute approximate surface area is 105 Å². The Hall–Kier alpha value is -1.85. The highest BCUT2D eigenvalue weighted by Gasteiger charge is 2.36. The van der Waals surface area contributed by atoms with Crippen molar-refractivity contribution < 1.29 is 19.1 Å². The minimum atomic E-state index is -0.898. The first-order valence-corrected chi connectivity index (χ1v) is 5.94. The number of carbonyl (C=O) groups is 2. The number of hydrogen-bond acceptors (Lipinski definition) is 4. The summed E-state index contributed by atoms with van der Waals surface area (Å²) in [5, 5.41) is 8.93. The van der Waals surface area contributed by atoms with Crippen LogP contribution in [0.15, 0.2) is 10.8 Å². The molecule has 6 heteroatoms. The van der Waals surface area contributed by atoms with E-state index in [9.17, 15) is 9.59 Å². The van der Waals surface area contributed by atoms with Crippen molar-refractivity contribution in [3.05, 3.63) is 17.8 Å². The zero-order chi connectivity index (χ0) is 13.3. The lowest BCUT2D eigenvalue weighted by molar-refractivity contribution is -0.141. The molecule has 1 amide bonds. The van der Waals surface area contributed by atoms with Gasteiger partial charge in [0.2, 0.25) is 0 Å². The van der Waals surface area contributed by atoms with E-state index in [-0.39, 0.29) is 24.2 Å². The standard InChI is InChI=1S/C12H16N2O4/c1-7(12(16)17)5-14(9-3-4-9)11(15)10-8(2)18-6-13-10/h6-7,9H,3-5H2,1-2H3,(H,16,17)/t7-/m1/s1. The van der Waals surface area contributed by atoms with Crippen LogP contribution in [0.3, 0.4) is 0 Å². The number of oxazole rings is 1. The molecule has 1 aromatic rings. The lowest BCUT2D eigenvalue weighted by Crippen LogP contribution is -2.39. The zero-order valence-corrected chi connectivity index (χ0v) is 10.4. The predicted octanol–water partition coefficient (Wildman–Crippen LogP) is 1.31. The van der Waals surface area contributed by atoms with E-state index in [1.165, 1.54) is 6.39 Å². The minimum Gasteiger partial charge on any atom is -0.481 e. The van der Waals surface area contributed by atoms with Crippen molar-refractivity contribution in [1.29, 1.82) is 0 Å². The average molecular weight is 252 g/mol. The smallest absolute Gasteiger partial charge is 0.308 e. The number of aromatic nitrogens is 1. The first kappa shape index (κ1) is 12.6. The summed E-state index contributed by atoms with van der Waals surface area (Å²) >= 11 is 0. The number of hydrogen-bond donors (Lipinski definition) is 1. The monoisotopic (exact) mass is 252 g/mol. The fraction of sp³-hybridized carbons (Fsp3) is 0.583.